The molecule has 1 fully saturated rings. The molecule has 2 amide bonds. The molecule has 0 saturated carbocycles. The van der Waals surface area contributed by atoms with Crippen LogP contribution in [-0.2, 0) is 14.3 Å². The van der Waals surface area contributed by atoms with Crippen LogP contribution in [0, 0.1) is 11.8 Å². The van der Waals surface area contributed by atoms with Crippen LogP contribution in [0.5, 0.6) is 0 Å². The summed E-state index contributed by atoms with van der Waals surface area (Å²) in [5.74, 6) is -1.42. The summed E-state index contributed by atoms with van der Waals surface area (Å²) in [7, 11) is 0. The molecule has 0 radical (unpaired) electrons. The Labute approximate surface area is 206 Å². The molecule has 0 spiro atoms. The van der Waals surface area contributed by atoms with Crippen LogP contribution in [-0.4, -0.2) is 53.2 Å². The van der Waals surface area contributed by atoms with Crippen LogP contribution in [0.3, 0.4) is 0 Å². The zero-order valence-electron chi connectivity index (χ0n) is 20.6. The first-order chi connectivity index (χ1) is 16.8. The minimum Gasteiger partial charge on any atom is -0.481 e. The molecule has 2 aromatic rings. The molecule has 2 aliphatic rings. The summed E-state index contributed by atoms with van der Waals surface area (Å²) in [5, 5.41) is 12.2. The van der Waals surface area contributed by atoms with Crippen molar-refractivity contribution in [1.82, 2.24) is 10.2 Å². The average molecular weight is 479 g/mol. The summed E-state index contributed by atoms with van der Waals surface area (Å²) in [4.78, 5) is 39.3. The summed E-state index contributed by atoms with van der Waals surface area (Å²) >= 11 is 0. The Kier molecular flexibility index (Phi) is 7.43. The zero-order valence-corrected chi connectivity index (χ0v) is 20.6. The van der Waals surface area contributed by atoms with Gasteiger partial charge in [-0.1, -0.05) is 62.4 Å². The molecule has 3 atom stereocenters. The van der Waals surface area contributed by atoms with Crippen molar-refractivity contribution in [3.63, 3.8) is 0 Å². The van der Waals surface area contributed by atoms with Crippen LogP contribution in [0.4, 0.5) is 4.79 Å². The Balaban J connectivity index is 1.43. The number of aliphatic carboxylic acids is 1. The molecular formula is C28H34N2O5. The number of hydrogen-bond acceptors (Lipinski definition) is 4. The predicted molar refractivity (Wildman–Crippen MR) is 133 cm³/mol. The molecule has 3 unspecified atom stereocenters. The van der Waals surface area contributed by atoms with Gasteiger partial charge in [-0.2, -0.15) is 0 Å². The number of carboxylic acid groups (broad SMARTS) is 1. The van der Waals surface area contributed by atoms with E-state index in [-0.39, 0.29) is 18.4 Å². The summed E-state index contributed by atoms with van der Waals surface area (Å²) in [6.45, 7) is 6.44. The largest absolute Gasteiger partial charge is 0.481 e. The number of ether oxygens (including phenoxy) is 1. The van der Waals surface area contributed by atoms with Crippen molar-refractivity contribution < 1.29 is 24.2 Å². The highest BCUT2D eigenvalue weighted by molar-refractivity contribution is 5.87. The van der Waals surface area contributed by atoms with Crippen molar-refractivity contribution in [2.45, 2.75) is 58.0 Å². The zero-order chi connectivity index (χ0) is 25.1. The summed E-state index contributed by atoms with van der Waals surface area (Å²) in [6, 6.07) is 15.1. The van der Waals surface area contributed by atoms with Gasteiger partial charge in [0.25, 0.3) is 0 Å². The highest BCUT2D eigenvalue weighted by Gasteiger charge is 2.40. The number of nitrogens with zero attached hydrogens (tertiary/aromatic N) is 1. The van der Waals surface area contributed by atoms with E-state index in [4.69, 9.17) is 4.74 Å². The topological polar surface area (TPSA) is 95.9 Å². The van der Waals surface area contributed by atoms with Crippen LogP contribution in [0.25, 0.3) is 11.1 Å². The lowest BCUT2D eigenvalue weighted by molar-refractivity contribution is -0.143. The first kappa shape index (κ1) is 24.8. The van der Waals surface area contributed by atoms with E-state index in [1.807, 2.05) is 24.3 Å². The van der Waals surface area contributed by atoms with Gasteiger partial charge in [-0.15, -0.1) is 0 Å². The first-order valence-electron chi connectivity index (χ1n) is 12.4. The van der Waals surface area contributed by atoms with Crippen LogP contribution >= 0.6 is 0 Å². The second kappa shape index (κ2) is 10.5. The van der Waals surface area contributed by atoms with E-state index >= 15 is 0 Å². The molecule has 1 saturated heterocycles. The summed E-state index contributed by atoms with van der Waals surface area (Å²) in [5.41, 5.74) is 4.55. The number of alkyl carbamates (subject to hydrolysis) is 1. The molecule has 186 valence electrons. The smallest absolute Gasteiger partial charge is 0.407 e. The van der Waals surface area contributed by atoms with E-state index < -0.39 is 30.1 Å². The average Bonchev–Trinajstić information content (AvgIpc) is 3.38. The van der Waals surface area contributed by atoms with Gasteiger partial charge in [0.05, 0.1) is 5.92 Å². The van der Waals surface area contributed by atoms with Gasteiger partial charge in [0, 0.05) is 18.5 Å². The summed E-state index contributed by atoms with van der Waals surface area (Å²) < 4.78 is 5.66. The third kappa shape index (κ3) is 5.19. The predicted octanol–water partition coefficient (Wildman–Crippen LogP) is 4.65. The lowest BCUT2D eigenvalue weighted by Gasteiger charge is -2.28. The number of amides is 2. The van der Waals surface area contributed by atoms with Crippen LogP contribution in [0.15, 0.2) is 48.5 Å². The molecule has 4 rings (SSSR count). The molecule has 7 nitrogen and oxygen atoms in total. The van der Waals surface area contributed by atoms with Gasteiger partial charge in [0.1, 0.15) is 12.6 Å². The Morgan fingerprint density at radius 3 is 2.17 bits per heavy atom. The van der Waals surface area contributed by atoms with Gasteiger partial charge in [0.2, 0.25) is 5.91 Å². The highest BCUT2D eigenvalue weighted by Crippen LogP contribution is 2.44. The second-order valence-corrected chi connectivity index (χ2v) is 10.00. The van der Waals surface area contributed by atoms with Crippen LogP contribution in [0.1, 0.15) is 57.1 Å². The molecule has 0 bridgehead atoms. The Morgan fingerprint density at radius 1 is 1.03 bits per heavy atom. The molecule has 2 aromatic carbocycles. The number of carboxylic acids is 1. The normalized spacial score (nSPS) is 19.8. The number of rotatable bonds is 8. The van der Waals surface area contributed by atoms with Gasteiger partial charge in [-0.05, 0) is 54.4 Å². The SMILES string of the molecule is CC(C)CCC(NC(=O)OCC1c2ccccc2-c2ccccc21)C(=O)N1CCC(C(=O)O)C1C. The third-order valence-corrected chi connectivity index (χ3v) is 7.32. The first-order valence-corrected chi connectivity index (χ1v) is 12.4. The van der Waals surface area contributed by atoms with Crippen molar-refractivity contribution in [1.29, 1.82) is 0 Å². The fraction of sp³-hybridized carbons (Fsp3) is 0.464. The monoisotopic (exact) mass is 478 g/mol. The maximum absolute atomic E-state index is 13.3. The van der Waals surface area contributed by atoms with Gasteiger partial charge in [0.15, 0.2) is 0 Å². The molecule has 2 N–H and O–H groups in total. The molecule has 0 aromatic heterocycles. The maximum atomic E-state index is 13.3. The van der Waals surface area contributed by atoms with E-state index in [1.165, 1.54) is 0 Å². The standard InChI is InChI=1S/C28H34N2O5/c1-17(2)12-13-25(26(31)30-15-14-19(18(30)3)27(32)33)29-28(34)35-16-24-22-10-6-4-8-20(22)21-9-5-7-11-23(21)24/h4-11,17-19,24-25H,12-16H2,1-3H3,(H,29,34)(H,32,33). The van der Waals surface area contributed by atoms with Gasteiger partial charge < -0.3 is 20.1 Å². The lowest BCUT2D eigenvalue weighted by Crippen LogP contribution is -2.50. The maximum Gasteiger partial charge on any atom is 0.407 e. The molecule has 1 aliphatic carbocycles. The lowest BCUT2D eigenvalue weighted by atomic mass is 9.98. The minimum absolute atomic E-state index is 0.0621. The number of carbonyl (C=O) groups excluding carboxylic acids is 2. The van der Waals surface area contributed by atoms with Crippen molar-refractivity contribution in [3.8, 4) is 11.1 Å². The van der Waals surface area contributed by atoms with Gasteiger partial charge in [-0.3, -0.25) is 9.59 Å². The highest BCUT2D eigenvalue weighted by atomic mass is 16.5. The van der Waals surface area contributed by atoms with Crippen molar-refractivity contribution in [2.75, 3.05) is 13.2 Å². The van der Waals surface area contributed by atoms with Crippen LogP contribution in [0.2, 0.25) is 0 Å². The number of carbonyl (C=O) groups is 3. The van der Waals surface area contributed by atoms with E-state index in [0.29, 0.717) is 25.3 Å². The second-order valence-electron chi connectivity index (χ2n) is 10.00. The number of fused-ring (bicyclic) bond motifs is 3. The number of hydrogen-bond donors (Lipinski definition) is 2. The fourth-order valence-corrected chi connectivity index (χ4v) is 5.32. The van der Waals surface area contributed by atoms with Crippen molar-refractivity contribution >= 4 is 18.0 Å². The number of likely N-dealkylation sites (tertiary alicyclic amines) is 1. The fourth-order valence-electron chi connectivity index (χ4n) is 5.32. The molecular weight excluding hydrogens is 444 g/mol. The molecule has 7 heteroatoms. The van der Waals surface area contributed by atoms with Gasteiger partial charge >= 0.3 is 12.1 Å². The van der Waals surface area contributed by atoms with E-state index in [0.717, 1.165) is 28.7 Å². The number of benzene rings is 2. The van der Waals surface area contributed by atoms with Crippen molar-refractivity contribution in [3.05, 3.63) is 59.7 Å². The number of nitrogens with one attached hydrogen (secondary N) is 1. The molecule has 35 heavy (non-hydrogen) atoms. The molecule has 1 heterocycles. The van der Waals surface area contributed by atoms with E-state index in [1.54, 1.807) is 11.8 Å². The minimum atomic E-state index is -0.893. The Morgan fingerprint density at radius 2 is 1.63 bits per heavy atom. The van der Waals surface area contributed by atoms with E-state index in [2.05, 4.69) is 43.4 Å². The van der Waals surface area contributed by atoms with E-state index in [9.17, 15) is 19.5 Å². The van der Waals surface area contributed by atoms with Crippen molar-refractivity contribution in [2.24, 2.45) is 11.8 Å². The quantitative estimate of drug-likeness (QED) is 0.576. The van der Waals surface area contributed by atoms with Gasteiger partial charge in [-0.25, -0.2) is 4.79 Å². The Hall–Kier alpha value is -3.35. The summed E-state index contributed by atoms with van der Waals surface area (Å²) in [6.07, 6.45) is 1.02. The van der Waals surface area contributed by atoms with Crippen LogP contribution < -0.4 is 5.32 Å². The third-order valence-electron chi connectivity index (χ3n) is 7.32. The Bertz CT molecular complexity index is 1050. The molecule has 1 aliphatic heterocycles.